The lowest BCUT2D eigenvalue weighted by molar-refractivity contribution is 0.0944. The van der Waals surface area contributed by atoms with Crippen LogP contribution in [0.15, 0.2) is 18.2 Å². The van der Waals surface area contributed by atoms with Crippen molar-refractivity contribution in [3.05, 3.63) is 33.1 Å². The van der Waals surface area contributed by atoms with Crippen LogP contribution in [0.4, 0.5) is 4.39 Å². The molecule has 1 aromatic rings. The van der Waals surface area contributed by atoms with Crippen molar-refractivity contribution < 1.29 is 14.3 Å². The van der Waals surface area contributed by atoms with E-state index in [4.69, 9.17) is 5.11 Å². The molecule has 14 heavy (non-hydrogen) atoms. The molecule has 0 aromatic heterocycles. The van der Waals surface area contributed by atoms with Crippen molar-refractivity contribution in [3.63, 3.8) is 0 Å². The van der Waals surface area contributed by atoms with Crippen LogP contribution in [-0.4, -0.2) is 24.2 Å². The summed E-state index contributed by atoms with van der Waals surface area (Å²) in [7, 11) is 0. The molecular weight excluding hydrogens is 300 g/mol. The fourth-order valence-electron chi connectivity index (χ4n) is 0.938. The Balaban J connectivity index is 2.80. The number of carbonyl (C=O) groups excluding carboxylic acids is 1. The number of carbonyl (C=O) groups is 1. The number of aliphatic hydroxyl groups excluding tert-OH is 1. The maximum absolute atomic E-state index is 12.7. The molecule has 0 heterocycles. The number of hydrogen-bond acceptors (Lipinski definition) is 2. The van der Waals surface area contributed by atoms with Gasteiger partial charge in [-0.05, 0) is 40.8 Å². The Morgan fingerprint density at radius 1 is 1.57 bits per heavy atom. The van der Waals surface area contributed by atoms with Crippen LogP contribution < -0.4 is 5.32 Å². The number of rotatable bonds is 3. The van der Waals surface area contributed by atoms with Crippen molar-refractivity contribution in [3.8, 4) is 0 Å². The number of amides is 1. The predicted molar refractivity (Wildman–Crippen MR) is 58.5 cm³/mol. The first kappa shape index (κ1) is 11.4. The molecule has 0 saturated carbocycles. The molecule has 0 fully saturated rings. The molecule has 0 aliphatic heterocycles. The van der Waals surface area contributed by atoms with E-state index in [0.29, 0.717) is 9.13 Å². The molecular formula is C9H9FINO2. The molecule has 0 saturated heterocycles. The third-order valence-electron chi connectivity index (χ3n) is 1.57. The van der Waals surface area contributed by atoms with Crippen LogP contribution in [0.2, 0.25) is 0 Å². The second kappa shape index (κ2) is 5.26. The molecule has 0 atom stereocenters. The molecule has 76 valence electrons. The van der Waals surface area contributed by atoms with E-state index in [-0.39, 0.29) is 24.9 Å². The van der Waals surface area contributed by atoms with E-state index < -0.39 is 0 Å². The maximum Gasteiger partial charge on any atom is 0.252 e. The lowest BCUT2D eigenvalue weighted by atomic mass is 10.2. The highest BCUT2D eigenvalue weighted by atomic mass is 127. The number of halogens is 2. The SMILES string of the molecule is O=C(NCCO)c1ccc(F)cc1I. The average Bonchev–Trinajstić information content (AvgIpc) is 2.14. The highest BCUT2D eigenvalue weighted by molar-refractivity contribution is 14.1. The topological polar surface area (TPSA) is 49.3 Å². The van der Waals surface area contributed by atoms with Gasteiger partial charge in [0.25, 0.3) is 5.91 Å². The first-order valence-corrected chi connectivity index (χ1v) is 5.07. The fraction of sp³-hybridized carbons (Fsp3) is 0.222. The first-order valence-electron chi connectivity index (χ1n) is 3.99. The Labute approximate surface area is 94.5 Å². The maximum atomic E-state index is 12.7. The lowest BCUT2D eigenvalue weighted by Crippen LogP contribution is -2.27. The molecule has 0 aliphatic rings. The summed E-state index contributed by atoms with van der Waals surface area (Å²) in [6.07, 6.45) is 0. The third kappa shape index (κ3) is 2.91. The summed E-state index contributed by atoms with van der Waals surface area (Å²) in [5.41, 5.74) is 0.417. The second-order valence-electron chi connectivity index (χ2n) is 2.60. The van der Waals surface area contributed by atoms with Crippen LogP contribution in [0.1, 0.15) is 10.4 Å². The fourth-order valence-corrected chi connectivity index (χ4v) is 1.66. The van der Waals surface area contributed by atoms with Gasteiger partial charge in [-0.15, -0.1) is 0 Å². The van der Waals surface area contributed by atoms with Crippen LogP contribution in [0.5, 0.6) is 0 Å². The van der Waals surface area contributed by atoms with Gasteiger partial charge in [0, 0.05) is 10.1 Å². The van der Waals surface area contributed by atoms with Gasteiger partial charge in [0.1, 0.15) is 5.82 Å². The standard InChI is InChI=1S/C9H9FINO2/c10-6-1-2-7(8(11)5-6)9(14)12-3-4-13/h1-2,5,13H,3-4H2,(H,12,14). The summed E-state index contributed by atoms with van der Waals surface area (Å²) in [5.74, 6) is -0.670. The molecule has 1 rings (SSSR count). The molecule has 1 amide bonds. The zero-order valence-corrected chi connectivity index (χ0v) is 9.42. The van der Waals surface area contributed by atoms with Crippen LogP contribution in [0.25, 0.3) is 0 Å². The van der Waals surface area contributed by atoms with Gasteiger partial charge < -0.3 is 10.4 Å². The Morgan fingerprint density at radius 2 is 2.29 bits per heavy atom. The molecule has 3 nitrogen and oxygen atoms in total. The molecule has 1 aromatic carbocycles. The minimum atomic E-state index is -0.367. The van der Waals surface area contributed by atoms with E-state index in [2.05, 4.69) is 5.32 Å². The summed E-state index contributed by atoms with van der Waals surface area (Å²) in [5, 5.41) is 11.0. The molecule has 0 spiro atoms. The quantitative estimate of drug-likeness (QED) is 0.823. The first-order chi connectivity index (χ1) is 6.65. The van der Waals surface area contributed by atoms with Gasteiger partial charge in [-0.1, -0.05) is 0 Å². The van der Waals surface area contributed by atoms with Gasteiger partial charge in [0.05, 0.1) is 12.2 Å². The van der Waals surface area contributed by atoms with Crippen molar-refractivity contribution in [2.75, 3.05) is 13.2 Å². The van der Waals surface area contributed by atoms with Gasteiger partial charge >= 0.3 is 0 Å². The molecule has 0 radical (unpaired) electrons. The van der Waals surface area contributed by atoms with E-state index in [1.807, 2.05) is 22.6 Å². The normalized spacial score (nSPS) is 9.93. The summed E-state index contributed by atoms with van der Waals surface area (Å²) in [4.78, 5) is 11.4. The highest BCUT2D eigenvalue weighted by Crippen LogP contribution is 2.13. The lowest BCUT2D eigenvalue weighted by Gasteiger charge is -2.04. The average molecular weight is 309 g/mol. The van der Waals surface area contributed by atoms with Gasteiger partial charge in [0.2, 0.25) is 0 Å². The van der Waals surface area contributed by atoms with Crippen molar-refractivity contribution in [2.24, 2.45) is 0 Å². The van der Waals surface area contributed by atoms with E-state index >= 15 is 0 Å². The van der Waals surface area contributed by atoms with Crippen molar-refractivity contribution in [2.45, 2.75) is 0 Å². The number of benzene rings is 1. The van der Waals surface area contributed by atoms with E-state index in [0.717, 1.165) is 0 Å². The van der Waals surface area contributed by atoms with Crippen molar-refractivity contribution >= 4 is 28.5 Å². The summed E-state index contributed by atoms with van der Waals surface area (Å²) in [6.45, 7) is 0.0931. The minimum absolute atomic E-state index is 0.108. The molecule has 2 N–H and O–H groups in total. The van der Waals surface area contributed by atoms with Crippen molar-refractivity contribution in [1.82, 2.24) is 5.32 Å². The number of aliphatic hydroxyl groups is 1. The minimum Gasteiger partial charge on any atom is -0.395 e. The largest absolute Gasteiger partial charge is 0.395 e. The predicted octanol–water partition coefficient (Wildman–Crippen LogP) is 1.15. The van der Waals surface area contributed by atoms with Crippen molar-refractivity contribution in [1.29, 1.82) is 0 Å². The summed E-state index contributed by atoms with van der Waals surface area (Å²) in [6, 6.07) is 3.94. The van der Waals surface area contributed by atoms with Gasteiger partial charge in [-0.3, -0.25) is 4.79 Å². The van der Waals surface area contributed by atoms with Crippen LogP contribution >= 0.6 is 22.6 Å². The smallest absolute Gasteiger partial charge is 0.252 e. The second-order valence-corrected chi connectivity index (χ2v) is 3.77. The third-order valence-corrected chi connectivity index (χ3v) is 2.47. The molecule has 0 aliphatic carbocycles. The van der Waals surface area contributed by atoms with E-state index in [1.54, 1.807) is 0 Å². The van der Waals surface area contributed by atoms with Crippen LogP contribution in [0.3, 0.4) is 0 Å². The monoisotopic (exact) mass is 309 g/mol. The van der Waals surface area contributed by atoms with E-state index in [9.17, 15) is 9.18 Å². The van der Waals surface area contributed by atoms with Gasteiger partial charge in [0.15, 0.2) is 0 Å². The zero-order valence-electron chi connectivity index (χ0n) is 7.26. The zero-order chi connectivity index (χ0) is 10.6. The Bertz CT molecular complexity index is 344. The highest BCUT2D eigenvalue weighted by Gasteiger charge is 2.09. The molecule has 0 unspecified atom stereocenters. The van der Waals surface area contributed by atoms with Gasteiger partial charge in [-0.25, -0.2) is 4.39 Å². The van der Waals surface area contributed by atoms with Crippen LogP contribution in [-0.2, 0) is 0 Å². The Hall–Kier alpha value is -0.690. The number of nitrogens with one attached hydrogen (secondary N) is 1. The van der Waals surface area contributed by atoms with Crippen LogP contribution in [0, 0.1) is 9.39 Å². The number of hydrogen-bond donors (Lipinski definition) is 2. The van der Waals surface area contributed by atoms with E-state index in [1.165, 1.54) is 18.2 Å². The Kier molecular flexibility index (Phi) is 4.27. The Morgan fingerprint density at radius 3 is 2.86 bits per heavy atom. The molecule has 0 bridgehead atoms. The summed E-state index contributed by atoms with van der Waals surface area (Å²) >= 11 is 1.89. The summed E-state index contributed by atoms with van der Waals surface area (Å²) < 4.78 is 13.2. The van der Waals surface area contributed by atoms with Gasteiger partial charge in [-0.2, -0.15) is 0 Å². The molecule has 5 heteroatoms.